The number of dihydropyridines is 1. The smallest absolute Gasteiger partial charge is 0.255 e. The molecule has 9 heteroatoms. The van der Waals surface area contributed by atoms with E-state index in [1.807, 2.05) is 36.5 Å². The molecule has 0 spiro atoms. The van der Waals surface area contributed by atoms with E-state index >= 15 is 0 Å². The Morgan fingerprint density at radius 3 is 2.80 bits per heavy atom. The molecule has 1 atom stereocenters. The average molecular weight is 469 g/mol. The Morgan fingerprint density at radius 2 is 2.03 bits per heavy atom. The van der Waals surface area contributed by atoms with Gasteiger partial charge in [-0.3, -0.25) is 9.78 Å². The van der Waals surface area contributed by atoms with Gasteiger partial charge in [0.25, 0.3) is 5.91 Å². The third kappa shape index (κ3) is 4.25. The largest absolute Gasteiger partial charge is 0.378 e. The van der Waals surface area contributed by atoms with Gasteiger partial charge in [-0.15, -0.1) is 0 Å². The minimum atomic E-state index is -0.873. The van der Waals surface area contributed by atoms with Crippen LogP contribution in [0.2, 0.25) is 0 Å². The van der Waals surface area contributed by atoms with Gasteiger partial charge in [-0.25, -0.2) is 9.97 Å². The highest BCUT2D eigenvalue weighted by Crippen LogP contribution is 2.32. The summed E-state index contributed by atoms with van der Waals surface area (Å²) in [6.45, 7) is 4.00. The van der Waals surface area contributed by atoms with E-state index in [9.17, 15) is 10.1 Å². The number of methoxy groups -OCH3 is 1. The number of aromatic nitrogens is 3. The first-order valence-electron chi connectivity index (χ1n) is 11.3. The highest BCUT2D eigenvalue weighted by molar-refractivity contribution is 5.98. The third-order valence-electron chi connectivity index (χ3n) is 6.37. The predicted octanol–water partition coefficient (Wildman–Crippen LogP) is 2.92. The molecule has 2 aliphatic rings. The second kappa shape index (κ2) is 9.25. The fourth-order valence-electron chi connectivity index (χ4n) is 4.20. The Hall–Kier alpha value is -4.13. The van der Waals surface area contributed by atoms with Crippen molar-refractivity contribution in [1.29, 1.82) is 5.26 Å². The van der Waals surface area contributed by atoms with Crippen molar-refractivity contribution >= 4 is 22.4 Å². The van der Waals surface area contributed by atoms with Crippen LogP contribution < -0.4 is 5.32 Å². The lowest BCUT2D eigenvalue weighted by atomic mass is 9.94. The number of hydrogen-bond acceptors (Lipinski definition) is 8. The molecule has 1 N–H and O–H groups in total. The highest BCUT2D eigenvalue weighted by Gasteiger charge is 2.31. The number of pyridine rings is 1. The van der Waals surface area contributed by atoms with Gasteiger partial charge in [0.05, 0.1) is 41.6 Å². The number of carbonyl (C=O) groups is 1. The number of nitriles is 1. The van der Waals surface area contributed by atoms with Gasteiger partial charge in [-0.2, -0.15) is 5.26 Å². The summed E-state index contributed by atoms with van der Waals surface area (Å²) in [6, 6.07) is 9.88. The lowest BCUT2D eigenvalue weighted by Gasteiger charge is -2.31. The molecule has 3 aromatic rings. The number of nitrogens with one attached hydrogen (secondary N) is 1. The van der Waals surface area contributed by atoms with Crippen molar-refractivity contribution in [3.8, 4) is 17.3 Å². The molecule has 1 amide bonds. The Morgan fingerprint density at radius 1 is 1.20 bits per heavy atom. The molecule has 9 nitrogen and oxygen atoms in total. The molecule has 2 aromatic heterocycles. The average Bonchev–Trinajstić information content (AvgIpc) is 2.92. The minimum Gasteiger partial charge on any atom is -0.378 e. The Labute approximate surface area is 202 Å². The second-order valence-corrected chi connectivity index (χ2v) is 8.47. The van der Waals surface area contributed by atoms with Crippen molar-refractivity contribution in [3.05, 3.63) is 72.0 Å². The Balaban J connectivity index is 1.53. The fourth-order valence-corrected chi connectivity index (χ4v) is 4.20. The third-order valence-corrected chi connectivity index (χ3v) is 6.37. The van der Waals surface area contributed by atoms with Crippen LogP contribution in [0.4, 0.5) is 0 Å². The van der Waals surface area contributed by atoms with Gasteiger partial charge in [-0.05, 0) is 42.3 Å². The van der Waals surface area contributed by atoms with Crippen molar-refractivity contribution in [2.45, 2.75) is 12.6 Å². The molecule has 1 aromatic carbocycles. The summed E-state index contributed by atoms with van der Waals surface area (Å²) in [7, 11) is 1.56. The summed E-state index contributed by atoms with van der Waals surface area (Å²) in [4.78, 5) is 28.0. The molecular weight excluding hydrogens is 444 g/mol. The van der Waals surface area contributed by atoms with Crippen LogP contribution in [-0.2, 0) is 9.47 Å². The summed E-state index contributed by atoms with van der Waals surface area (Å²) in [5.41, 5.74) is 4.00. The first-order valence-corrected chi connectivity index (χ1v) is 11.3. The quantitative estimate of drug-likeness (QED) is 0.622. The molecule has 35 heavy (non-hydrogen) atoms. The molecule has 4 heterocycles. The van der Waals surface area contributed by atoms with Gasteiger partial charge in [0.15, 0.2) is 5.72 Å². The summed E-state index contributed by atoms with van der Waals surface area (Å²) >= 11 is 0. The lowest BCUT2D eigenvalue weighted by Crippen LogP contribution is -2.44. The van der Waals surface area contributed by atoms with E-state index in [1.54, 1.807) is 31.3 Å². The number of hydrogen-bond donors (Lipinski definition) is 1. The van der Waals surface area contributed by atoms with E-state index in [0.717, 1.165) is 27.6 Å². The van der Waals surface area contributed by atoms with Crippen LogP contribution in [0.1, 0.15) is 22.8 Å². The van der Waals surface area contributed by atoms with Gasteiger partial charge >= 0.3 is 0 Å². The number of morpholine rings is 1. The van der Waals surface area contributed by atoms with Crippen LogP contribution in [0.5, 0.6) is 0 Å². The van der Waals surface area contributed by atoms with E-state index in [4.69, 9.17) is 9.47 Å². The van der Waals surface area contributed by atoms with Gasteiger partial charge in [-0.1, -0.05) is 6.07 Å². The van der Waals surface area contributed by atoms with Gasteiger partial charge in [0.1, 0.15) is 6.33 Å². The van der Waals surface area contributed by atoms with Crippen molar-refractivity contribution in [1.82, 2.24) is 25.2 Å². The van der Waals surface area contributed by atoms with Crippen molar-refractivity contribution < 1.29 is 14.3 Å². The number of ether oxygens (including phenoxy) is 2. The minimum absolute atomic E-state index is 0.0736. The standard InChI is InChI=1S/C26H24N6O3/c1-26(34-2)21(12-27)10-18(15-31-26)17-3-4-23-22(11-17)24(30-16-29-23)19-9-20(14-28-13-19)25(33)32-5-7-35-8-6-32/h3-4,9-11,13-16,31H,5-8H2,1-2H3. The molecule has 1 fully saturated rings. The van der Waals surface area contributed by atoms with Crippen LogP contribution in [0.15, 0.2) is 60.8 Å². The van der Waals surface area contributed by atoms with E-state index in [2.05, 4.69) is 26.3 Å². The van der Waals surface area contributed by atoms with E-state index in [0.29, 0.717) is 43.1 Å². The van der Waals surface area contributed by atoms with Gasteiger partial charge in [0.2, 0.25) is 0 Å². The molecule has 1 saturated heterocycles. The maximum atomic E-state index is 13.0. The van der Waals surface area contributed by atoms with Crippen LogP contribution in [0, 0.1) is 11.3 Å². The topological polar surface area (TPSA) is 113 Å². The molecule has 2 aliphatic heterocycles. The molecule has 0 radical (unpaired) electrons. The van der Waals surface area contributed by atoms with Crippen molar-refractivity contribution in [3.63, 3.8) is 0 Å². The van der Waals surface area contributed by atoms with E-state index in [1.165, 1.54) is 6.33 Å². The number of benzene rings is 1. The number of amides is 1. The fraction of sp³-hybridized carbons (Fsp3) is 0.269. The van der Waals surface area contributed by atoms with Gasteiger partial charge in [0, 0.05) is 49.7 Å². The SMILES string of the molecule is COC1(C)NC=C(c2ccc3ncnc(-c4cncc(C(=O)N5CCOCC5)c4)c3c2)C=C1C#N. The summed E-state index contributed by atoms with van der Waals surface area (Å²) < 4.78 is 10.8. The van der Waals surface area contributed by atoms with Crippen LogP contribution in [-0.4, -0.2) is 64.9 Å². The first-order chi connectivity index (χ1) is 17.0. The van der Waals surface area contributed by atoms with Crippen LogP contribution >= 0.6 is 0 Å². The number of fused-ring (bicyclic) bond motifs is 1. The maximum absolute atomic E-state index is 13.0. The summed E-state index contributed by atoms with van der Waals surface area (Å²) in [5.74, 6) is -0.0736. The normalized spacial score (nSPS) is 20.0. The zero-order valence-corrected chi connectivity index (χ0v) is 19.5. The number of rotatable bonds is 4. The van der Waals surface area contributed by atoms with Crippen molar-refractivity contribution in [2.75, 3.05) is 33.4 Å². The maximum Gasteiger partial charge on any atom is 0.255 e. The molecular formula is C26H24N6O3. The number of allylic oxidation sites excluding steroid dienone is 2. The molecule has 0 saturated carbocycles. The predicted molar refractivity (Wildman–Crippen MR) is 130 cm³/mol. The Kier molecular flexibility index (Phi) is 5.99. The zero-order chi connectivity index (χ0) is 24.4. The molecule has 0 aliphatic carbocycles. The monoisotopic (exact) mass is 468 g/mol. The van der Waals surface area contributed by atoms with Crippen LogP contribution in [0.3, 0.4) is 0 Å². The molecule has 1 unspecified atom stereocenters. The lowest BCUT2D eigenvalue weighted by molar-refractivity contribution is 0.0232. The number of carbonyl (C=O) groups excluding carboxylic acids is 1. The Bertz CT molecular complexity index is 1400. The molecule has 176 valence electrons. The first kappa shape index (κ1) is 22.7. The molecule has 0 bridgehead atoms. The van der Waals surface area contributed by atoms with Gasteiger partial charge < -0.3 is 19.7 Å². The van der Waals surface area contributed by atoms with E-state index < -0.39 is 5.72 Å². The number of nitrogens with zero attached hydrogens (tertiary/aromatic N) is 5. The van der Waals surface area contributed by atoms with Crippen LogP contribution in [0.25, 0.3) is 27.7 Å². The van der Waals surface area contributed by atoms with Crippen molar-refractivity contribution in [2.24, 2.45) is 0 Å². The summed E-state index contributed by atoms with van der Waals surface area (Å²) in [5, 5.41) is 13.6. The summed E-state index contributed by atoms with van der Waals surface area (Å²) in [6.07, 6.45) is 8.43. The molecule has 5 rings (SSSR count). The second-order valence-electron chi connectivity index (χ2n) is 8.47. The van der Waals surface area contributed by atoms with E-state index in [-0.39, 0.29) is 5.91 Å². The highest BCUT2D eigenvalue weighted by atomic mass is 16.5. The zero-order valence-electron chi connectivity index (χ0n) is 19.5.